The fourth-order valence-electron chi connectivity index (χ4n) is 3.55. The molecule has 0 unspecified atom stereocenters. The smallest absolute Gasteiger partial charge is 0.269 e. The molecule has 0 radical (unpaired) electrons. The summed E-state index contributed by atoms with van der Waals surface area (Å²) < 4.78 is 0. The molecule has 0 atom stereocenters. The van der Waals surface area contributed by atoms with Gasteiger partial charge < -0.3 is 10.6 Å². The summed E-state index contributed by atoms with van der Waals surface area (Å²) in [5.41, 5.74) is 1.86. The molecule has 0 fully saturated rings. The van der Waals surface area contributed by atoms with Crippen molar-refractivity contribution in [3.63, 3.8) is 0 Å². The van der Waals surface area contributed by atoms with Gasteiger partial charge in [-0.1, -0.05) is 24.3 Å². The highest BCUT2D eigenvalue weighted by molar-refractivity contribution is 6.10. The molecule has 0 saturated heterocycles. The van der Waals surface area contributed by atoms with Gasteiger partial charge in [-0.25, -0.2) is 0 Å². The Morgan fingerprint density at radius 2 is 0.974 bits per heavy atom. The van der Waals surface area contributed by atoms with Gasteiger partial charge in [0, 0.05) is 36.4 Å². The summed E-state index contributed by atoms with van der Waals surface area (Å²) in [6.07, 6.45) is 5.61. The molecule has 38 heavy (non-hydrogen) atoms. The molecular formula is C28H20N4O6. The molecule has 0 aliphatic rings. The van der Waals surface area contributed by atoms with E-state index in [9.17, 15) is 29.8 Å². The van der Waals surface area contributed by atoms with Crippen LogP contribution in [-0.4, -0.2) is 21.7 Å². The van der Waals surface area contributed by atoms with Gasteiger partial charge in [-0.15, -0.1) is 0 Å². The predicted molar refractivity (Wildman–Crippen MR) is 145 cm³/mol. The van der Waals surface area contributed by atoms with Crippen LogP contribution in [0.2, 0.25) is 0 Å². The maximum Gasteiger partial charge on any atom is 0.269 e. The van der Waals surface area contributed by atoms with Crippen molar-refractivity contribution in [1.29, 1.82) is 0 Å². The number of nitro benzene ring substituents is 2. The van der Waals surface area contributed by atoms with Crippen LogP contribution < -0.4 is 10.6 Å². The van der Waals surface area contributed by atoms with Gasteiger partial charge in [0.05, 0.1) is 21.2 Å². The molecule has 10 nitrogen and oxygen atoms in total. The minimum atomic E-state index is -0.503. The van der Waals surface area contributed by atoms with Crippen molar-refractivity contribution >= 4 is 57.5 Å². The molecule has 188 valence electrons. The number of hydrogen-bond acceptors (Lipinski definition) is 6. The van der Waals surface area contributed by atoms with Crippen molar-refractivity contribution in [1.82, 2.24) is 0 Å². The standard InChI is InChI=1S/C28H20N4O6/c33-27(15-9-19-5-11-23(12-6-19)31(35)36)29-25-17-21-3-1-2-4-22(21)18-26(25)30-28(34)16-10-20-7-13-24(14-8-20)32(37)38/h1-18H,(H,29,33)(H,30,34). The number of fused-ring (bicyclic) bond motifs is 1. The van der Waals surface area contributed by atoms with Crippen LogP contribution >= 0.6 is 0 Å². The third-order valence-electron chi connectivity index (χ3n) is 5.46. The number of rotatable bonds is 8. The fraction of sp³-hybridized carbons (Fsp3) is 0. The van der Waals surface area contributed by atoms with Gasteiger partial charge in [0.25, 0.3) is 11.4 Å². The normalized spacial score (nSPS) is 11.1. The Balaban J connectivity index is 1.51. The van der Waals surface area contributed by atoms with Crippen LogP contribution in [0.5, 0.6) is 0 Å². The Labute approximate surface area is 216 Å². The molecule has 2 amide bonds. The molecule has 0 aliphatic heterocycles. The van der Waals surface area contributed by atoms with Crippen LogP contribution in [0.1, 0.15) is 11.1 Å². The molecule has 0 bridgehead atoms. The van der Waals surface area contributed by atoms with Crippen molar-refractivity contribution in [3.05, 3.63) is 128 Å². The second-order valence-corrected chi connectivity index (χ2v) is 8.09. The summed E-state index contributed by atoms with van der Waals surface area (Å²) >= 11 is 0. The largest absolute Gasteiger partial charge is 0.321 e. The van der Waals surface area contributed by atoms with Crippen molar-refractivity contribution in [2.45, 2.75) is 0 Å². The van der Waals surface area contributed by atoms with Crippen molar-refractivity contribution in [2.75, 3.05) is 10.6 Å². The topological polar surface area (TPSA) is 144 Å². The van der Waals surface area contributed by atoms with Crippen LogP contribution in [0.4, 0.5) is 22.7 Å². The lowest BCUT2D eigenvalue weighted by Crippen LogP contribution is -2.13. The number of hydrogen-bond donors (Lipinski definition) is 2. The Hall–Kier alpha value is -5.64. The third-order valence-corrected chi connectivity index (χ3v) is 5.46. The summed E-state index contributed by atoms with van der Waals surface area (Å²) in [4.78, 5) is 45.9. The van der Waals surface area contributed by atoms with Crippen LogP contribution in [-0.2, 0) is 9.59 Å². The van der Waals surface area contributed by atoms with Gasteiger partial charge in [-0.2, -0.15) is 0 Å². The summed E-state index contributed by atoms with van der Waals surface area (Å²) in [5, 5.41) is 28.8. The minimum absolute atomic E-state index is 0.0502. The first-order valence-electron chi connectivity index (χ1n) is 11.3. The van der Waals surface area contributed by atoms with E-state index in [1.54, 1.807) is 12.1 Å². The minimum Gasteiger partial charge on any atom is -0.321 e. The van der Waals surface area contributed by atoms with Crippen LogP contribution in [0.25, 0.3) is 22.9 Å². The zero-order chi connectivity index (χ0) is 27.1. The maximum atomic E-state index is 12.6. The zero-order valence-corrected chi connectivity index (χ0v) is 19.7. The lowest BCUT2D eigenvalue weighted by molar-refractivity contribution is -0.385. The van der Waals surface area contributed by atoms with Gasteiger partial charge in [-0.3, -0.25) is 29.8 Å². The molecule has 0 saturated carbocycles. The van der Waals surface area contributed by atoms with E-state index in [0.717, 1.165) is 10.8 Å². The quantitative estimate of drug-likeness (QED) is 0.171. The van der Waals surface area contributed by atoms with Gasteiger partial charge in [0.15, 0.2) is 0 Å². The van der Waals surface area contributed by atoms with Crippen molar-refractivity contribution in [3.8, 4) is 0 Å². The fourth-order valence-corrected chi connectivity index (χ4v) is 3.55. The number of anilines is 2. The number of nitrogens with zero attached hydrogens (tertiary/aromatic N) is 2. The molecule has 10 heteroatoms. The molecule has 0 spiro atoms. The molecule has 0 aliphatic carbocycles. The maximum absolute atomic E-state index is 12.6. The van der Waals surface area contributed by atoms with E-state index in [0.29, 0.717) is 22.5 Å². The predicted octanol–water partition coefficient (Wildman–Crippen LogP) is 5.96. The van der Waals surface area contributed by atoms with Crippen LogP contribution in [0.3, 0.4) is 0 Å². The van der Waals surface area contributed by atoms with Gasteiger partial charge in [-0.05, 0) is 70.4 Å². The third kappa shape index (κ3) is 6.52. The Kier molecular flexibility index (Phi) is 7.63. The molecule has 2 N–H and O–H groups in total. The first-order chi connectivity index (χ1) is 18.3. The first-order valence-corrected chi connectivity index (χ1v) is 11.3. The molecular weight excluding hydrogens is 488 g/mol. The number of nitro groups is 2. The molecule has 4 rings (SSSR count). The monoisotopic (exact) mass is 508 g/mol. The van der Waals surface area contributed by atoms with E-state index in [-0.39, 0.29) is 11.4 Å². The number of carbonyl (C=O) groups is 2. The lowest BCUT2D eigenvalue weighted by atomic mass is 10.1. The Morgan fingerprint density at radius 3 is 1.32 bits per heavy atom. The average molecular weight is 508 g/mol. The number of amides is 2. The number of nitrogens with one attached hydrogen (secondary N) is 2. The molecule has 4 aromatic rings. The number of benzene rings is 4. The first kappa shape index (κ1) is 25.5. The number of non-ortho nitro benzene ring substituents is 2. The summed E-state index contributed by atoms with van der Waals surface area (Å²) in [6, 6.07) is 22.4. The lowest BCUT2D eigenvalue weighted by Gasteiger charge is -2.12. The summed E-state index contributed by atoms with van der Waals surface area (Å²) in [5.74, 6) is -0.925. The second kappa shape index (κ2) is 11.4. The summed E-state index contributed by atoms with van der Waals surface area (Å²) in [6.45, 7) is 0. The molecule has 0 heterocycles. The second-order valence-electron chi connectivity index (χ2n) is 8.09. The zero-order valence-electron chi connectivity index (χ0n) is 19.7. The van der Waals surface area contributed by atoms with E-state index in [1.165, 1.54) is 72.8 Å². The van der Waals surface area contributed by atoms with Gasteiger partial charge in [0.2, 0.25) is 11.8 Å². The molecule has 0 aromatic heterocycles. The summed E-state index contributed by atoms with van der Waals surface area (Å²) in [7, 11) is 0. The highest BCUT2D eigenvalue weighted by Gasteiger charge is 2.10. The van der Waals surface area contributed by atoms with E-state index in [1.807, 2.05) is 24.3 Å². The number of carbonyl (C=O) groups excluding carboxylic acids is 2. The van der Waals surface area contributed by atoms with E-state index < -0.39 is 21.7 Å². The SMILES string of the molecule is O=C(C=Cc1ccc([N+](=O)[O-])cc1)Nc1cc2ccccc2cc1NC(=O)C=Cc1ccc([N+](=O)[O-])cc1. The van der Waals surface area contributed by atoms with Crippen molar-refractivity contribution < 1.29 is 19.4 Å². The van der Waals surface area contributed by atoms with Gasteiger partial charge >= 0.3 is 0 Å². The van der Waals surface area contributed by atoms with E-state index in [2.05, 4.69) is 10.6 Å². The van der Waals surface area contributed by atoms with Gasteiger partial charge in [0.1, 0.15) is 0 Å². The van der Waals surface area contributed by atoms with Crippen molar-refractivity contribution in [2.24, 2.45) is 0 Å². The van der Waals surface area contributed by atoms with E-state index >= 15 is 0 Å². The highest BCUT2D eigenvalue weighted by atomic mass is 16.6. The van der Waals surface area contributed by atoms with Crippen LogP contribution in [0.15, 0.2) is 97.1 Å². The van der Waals surface area contributed by atoms with E-state index in [4.69, 9.17) is 0 Å². The molecule has 4 aromatic carbocycles. The Bertz CT molecular complexity index is 1470. The average Bonchev–Trinajstić information content (AvgIpc) is 2.91. The highest BCUT2D eigenvalue weighted by Crippen LogP contribution is 2.29. The van der Waals surface area contributed by atoms with Crippen LogP contribution in [0, 0.1) is 20.2 Å². The Morgan fingerprint density at radius 1 is 0.605 bits per heavy atom.